The summed E-state index contributed by atoms with van der Waals surface area (Å²) in [6, 6.07) is 0. The van der Waals surface area contributed by atoms with Gasteiger partial charge in [-0.15, -0.1) is 0 Å². The highest BCUT2D eigenvalue weighted by atomic mass is 127. The Labute approximate surface area is 74.4 Å². The first-order valence-corrected chi connectivity index (χ1v) is 4.83. The Bertz CT molecular complexity index is 123. The molecule has 3 nitrogen and oxygen atoms in total. The van der Waals surface area contributed by atoms with Crippen LogP contribution in [0.2, 0.25) is 0 Å². The van der Waals surface area contributed by atoms with Gasteiger partial charge in [-0.2, -0.15) is 0 Å². The molecule has 58 valence electrons. The molecule has 10 heavy (non-hydrogen) atoms. The second-order valence-electron chi connectivity index (χ2n) is 2.18. The van der Waals surface area contributed by atoms with E-state index in [0.29, 0.717) is 0 Å². The van der Waals surface area contributed by atoms with E-state index >= 15 is 0 Å². The maximum atomic E-state index is 7.49. The van der Waals surface area contributed by atoms with Crippen LogP contribution in [0.4, 0.5) is 0 Å². The second-order valence-corrected chi connectivity index (χ2v) is 2.94. The third kappa shape index (κ3) is 2.09. The summed E-state index contributed by atoms with van der Waals surface area (Å²) in [4.78, 5) is 2.07. The minimum atomic E-state index is 0.726. The maximum absolute atomic E-state index is 7.49. The number of rotatable bonds is 1. The summed E-state index contributed by atoms with van der Waals surface area (Å²) in [7, 11) is 0. The van der Waals surface area contributed by atoms with Gasteiger partial charge in [0, 0.05) is 13.1 Å². The number of nitrogens with one attached hydrogen (secondary N) is 1. The van der Waals surface area contributed by atoms with Crippen LogP contribution >= 0.6 is 22.6 Å². The average molecular weight is 254 g/mol. The van der Waals surface area contributed by atoms with Gasteiger partial charge in [0.25, 0.3) is 0 Å². The highest BCUT2D eigenvalue weighted by Gasteiger charge is 2.11. The van der Waals surface area contributed by atoms with Gasteiger partial charge in [0.2, 0.25) is 0 Å². The van der Waals surface area contributed by atoms with Crippen LogP contribution in [-0.2, 0) is 4.74 Å². The molecule has 1 aliphatic heterocycles. The molecule has 0 spiro atoms. The molecular weight excluding hydrogens is 243 g/mol. The molecule has 0 aromatic carbocycles. The lowest BCUT2D eigenvalue weighted by atomic mass is 10.4. The molecule has 0 aromatic rings. The molecule has 0 amide bonds. The molecule has 4 heteroatoms. The molecule has 0 unspecified atom stereocenters. The minimum absolute atomic E-state index is 0.726. The van der Waals surface area contributed by atoms with Crippen molar-refractivity contribution in [2.45, 2.75) is 0 Å². The van der Waals surface area contributed by atoms with Crippen molar-refractivity contribution in [3.8, 4) is 0 Å². The number of alkyl halides is 1. The van der Waals surface area contributed by atoms with Crippen molar-refractivity contribution >= 4 is 28.4 Å². The summed E-state index contributed by atoms with van der Waals surface area (Å²) in [5.74, 6) is 0.726. The van der Waals surface area contributed by atoms with Crippen LogP contribution in [0.15, 0.2) is 0 Å². The van der Waals surface area contributed by atoms with E-state index in [9.17, 15) is 0 Å². The van der Waals surface area contributed by atoms with Crippen molar-refractivity contribution in [3.63, 3.8) is 0 Å². The van der Waals surface area contributed by atoms with Gasteiger partial charge in [-0.05, 0) is 0 Å². The molecule has 0 atom stereocenters. The third-order valence-electron chi connectivity index (χ3n) is 1.52. The summed E-state index contributed by atoms with van der Waals surface area (Å²) >= 11 is 2.21. The summed E-state index contributed by atoms with van der Waals surface area (Å²) in [5, 5.41) is 7.49. The number of halogens is 1. The fraction of sp³-hybridized carbons (Fsp3) is 0.833. The van der Waals surface area contributed by atoms with Gasteiger partial charge in [0.05, 0.1) is 17.6 Å². The van der Waals surface area contributed by atoms with E-state index < -0.39 is 0 Å². The largest absolute Gasteiger partial charge is 0.378 e. The Balaban J connectivity index is 2.31. The van der Waals surface area contributed by atoms with Gasteiger partial charge < -0.3 is 9.64 Å². The number of morpholine rings is 1. The monoisotopic (exact) mass is 254 g/mol. The van der Waals surface area contributed by atoms with Crippen LogP contribution in [0.1, 0.15) is 0 Å². The Morgan fingerprint density at radius 2 is 2.10 bits per heavy atom. The van der Waals surface area contributed by atoms with Gasteiger partial charge in [0.1, 0.15) is 5.84 Å². The van der Waals surface area contributed by atoms with E-state index in [0.717, 1.165) is 36.6 Å². The number of ether oxygens (including phenoxy) is 1. The molecular formula is C6H11IN2O. The van der Waals surface area contributed by atoms with Gasteiger partial charge in [-0.1, -0.05) is 22.6 Å². The molecule has 0 bridgehead atoms. The van der Waals surface area contributed by atoms with E-state index in [4.69, 9.17) is 10.1 Å². The van der Waals surface area contributed by atoms with Crippen LogP contribution in [0.5, 0.6) is 0 Å². The second kappa shape index (κ2) is 4.12. The number of nitrogens with zero attached hydrogens (tertiary/aromatic N) is 1. The fourth-order valence-corrected chi connectivity index (χ4v) is 1.40. The van der Waals surface area contributed by atoms with Crippen molar-refractivity contribution in [3.05, 3.63) is 0 Å². The minimum Gasteiger partial charge on any atom is -0.378 e. The maximum Gasteiger partial charge on any atom is 0.106 e. The normalized spacial score (nSPS) is 19.1. The van der Waals surface area contributed by atoms with Crippen molar-refractivity contribution in [2.75, 3.05) is 30.7 Å². The van der Waals surface area contributed by atoms with Gasteiger partial charge >= 0.3 is 0 Å². The third-order valence-corrected chi connectivity index (χ3v) is 2.24. The molecule has 1 fully saturated rings. The topological polar surface area (TPSA) is 36.3 Å². The lowest BCUT2D eigenvalue weighted by molar-refractivity contribution is 0.0677. The Morgan fingerprint density at radius 1 is 1.50 bits per heavy atom. The molecule has 1 N–H and O–H groups in total. The Hall–Kier alpha value is 0.160. The first-order valence-electron chi connectivity index (χ1n) is 3.30. The zero-order valence-electron chi connectivity index (χ0n) is 5.77. The van der Waals surface area contributed by atoms with E-state index in [2.05, 4.69) is 27.5 Å². The van der Waals surface area contributed by atoms with Crippen molar-refractivity contribution in [1.29, 1.82) is 5.41 Å². The van der Waals surface area contributed by atoms with Crippen LogP contribution < -0.4 is 0 Å². The fourth-order valence-electron chi connectivity index (χ4n) is 0.918. The van der Waals surface area contributed by atoms with Crippen LogP contribution in [-0.4, -0.2) is 41.5 Å². The number of hydrogen-bond donors (Lipinski definition) is 1. The average Bonchev–Trinajstić information content (AvgIpc) is 2.05. The van der Waals surface area contributed by atoms with Crippen molar-refractivity contribution in [1.82, 2.24) is 4.90 Å². The molecule has 1 heterocycles. The molecule has 0 radical (unpaired) electrons. The predicted molar refractivity (Wildman–Crippen MR) is 49.0 cm³/mol. The highest BCUT2D eigenvalue weighted by molar-refractivity contribution is 14.1. The van der Waals surface area contributed by atoms with E-state index in [-0.39, 0.29) is 0 Å². The Morgan fingerprint density at radius 3 is 2.60 bits per heavy atom. The quantitative estimate of drug-likeness (QED) is 0.324. The smallest absolute Gasteiger partial charge is 0.106 e. The zero-order valence-corrected chi connectivity index (χ0v) is 7.93. The molecule has 0 saturated carbocycles. The zero-order chi connectivity index (χ0) is 7.40. The standard InChI is InChI=1S/C6H11IN2O/c7-5-6(8)9-1-3-10-4-2-9/h8H,1-5H2. The number of amidine groups is 1. The van der Waals surface area contributed by atoms with Crippen LogP contribution in [0, 0.1) is 5.41 Å². The first-order chi connectivity index (χ1) is 4.84. The van der Waals surface area contributed by atoms with Crippen molar-refractivity contribution < 1.29 is 4.74 Å². The summed E-state index contributed by atoms with van der Waals surface area (Å²) in [6.45, 7) is 3.34. The van der Waals surface area contributed by atoms with Gasteiger partial charge in [0.15, 0.2) is 0 Å². The molecule has 0 aliphatic carbocycles. The van der Waals surface area contributed by atoms with E-state index in [1.807, 2.05) is 0 Å². The summed E-state index contributed by atoms with van der Waals surface area (Å²) < 4.78 is 5.96. The molecule has 1 aliphatic rings. The van der Waals surface area contributed by atoms with E-state index in [1.165, 1.54) is 0 Å². The lowest BCUT2D eigenvalue weighted by Crippen LogP contribution is -2.40. The molecule has 1 saturated heterocycles. The summed E-state index contributed by atoms with van der Waals surface area (Å²) in [5.41, 5.74) is 0. The van der Waals surface area contributed by atoms with Crippen LogP contribution in [0.3, 0.4) is 0 Å². The molecule has 1 rings (SSSR count). The number of hydrogen-bond acceptors (Lipinski definition) is 2. The summed E-state index contributed by atoms with van der Waals surface area (Å²) in [6.07, 6.45) is 0. The predicted octanol–water partition coefficient (Wildman–Crippen LogP) is 0.731. The highest BCUT2D eigenvalue weighted by Crippen LogP contribution is 1.99. The van der Waals surface area contributed by atoms with Crippen LogP contribution in [0.25, 0.3) is 0 Å². The first kappa shape index (κ1) is 8.26. The lowest BCUT2D eigenvalue weighted by Gasteiger charge is -2.28. The van der Waals surface area contributed by atoms with Gasteiger partial charge in [-0.3, -0.25) is 5.41 Å². The SMILES string of the molecule is N=C(CI)N1CCOCC1. The van der Waals surface area contributed by atoms with E-state index in [1.54, 1.807) is 0 Å². The molecule has 0 aromatic heterocycles. The van der Waals surface area contributed by atoms with Gasteiger partial charge in [-0.25, -0.2) is 0 Å². The Kier molecular flexibility index (Phi) is 3.41. The van der Waals surface area contributed by atoms with Crippen molar-refractivity contribution in [2.24, 2.45) is 0 Å².